The van der Waals surface area contributed by atoms with E-state index in [2.05, 4.69) is 15.1 Å². The van der Waals surface area contributed by atoms with Crippen LogP contribution in [0.25, 0.3) is 10.9 Å². The Labute approximate surface area is 104 Å². The highest BCUT2D eigenvalue weighted by Gasteiger charge is 2.02. The fraction of sp³-hybridized carbons (Fsp3) is 0.154. The van der Waals surface area contributed by atoms with Crippen molar-refractivity contribution in [2.24, 2.45) is 7.05 Å². The zero-order valence-corrected chi connectivity index (χ0v) is 9.95. The minimum absolute atomic E-state index is 0.385. The number of para-hydroxylation sites is 1. The van der Waals surface area contributed by atoms with Crippen LogP contribution >= 0.6 is 0 Å². The lowest BCUT2D eigenvalue weighted by Crippen LogP contribution is -2.04. The molecule has 0 aliphatic carbocycles. The number of benzene rings is 1. The van der Waals surface area contributed by atoms with Crippen molar-refractivity contribution in [1.29, 1.82) is 0 Å². The summed E-state index contributed by atoms with van der Waals surface area (Å²) in [6, 6.07) is 9.91. The maximum absolute atomic E-state index is 5.65. The Bertz CT molecular complexity index is 677. The molecule has 0 fully saturated rings. The third-order valence-corrected chi connectivity index (χ3v) is 2.74. The first kappa shape index (κ1) is 10.7. The quantitative estimate of drug-likeness (QED) is 0.702. The fourth-order valence-electron chi connectivity index (χ4n) is 1.73. The zero-order chi connectivity index (χ0) is 12.4. The Hall–Kier alpha value is -2.43. The number of rotatable bonds is 3. The van der Waals surface area contributed by atoms with Crippen LogP contribution in [0.4, 0.5) is 0 Å². The molecule has 0 saturated heterocycles. The van der Waals surface area contributed by atoms with Crippen LogP contribution in [0.15, 0.2) is 42.9 Å². The predicted octanol–water partition coefficient (Wildman–Crippen LogP) is 1.94. The second-order valence-electron chi connectivity index (χ2n) is 3.95. The van der Waals surface area contributed by atoms with E-state index >= 15 is 0 Å². The summed E-state index contributed by atoms with van der Waals surface area (Å²) in [4.78, 5) is 8.44. The number of fused-ring (bicyclic) bond motifs is 1. The lowest BCUT2D eigenvalue weighted by Gasteiger charge is -2.06. The van der Waals surface area contributed by atoms with Crippen molar-refractivity contribution in [2.75, 3.05) is 0 Å². The minimum Gasteiger partial charge on any atom is -0.484 e. The average Bonchev–Trinajstić information content (AvgIpc) is 2.82. The highest BCUT2D eigenvalue weighted by molar-refractivity contribution is 5.79. The average molecular weight is 240 g/mol. The third-order valence-electron chi connectivity index (χ3n) is 2.74. The van der Waals surface area contributed by atoms with E-state index in [-0.39, 0.29) is 0 Å². The predicted molar refractivity (Wildman–Crippen MR) is 67.1 cm³/mol. The van der Waals surface area contributed by atoms with Gasteiger partial charge < -0.3 is 4.74 Å². The molecule has 0 bridgehead atoms. The van der Waals surface area contributed by atoms with Crippen LogP contribution in [-0.4, -0.2) is 19.7 Å². The summed E-state index contributed by atoms with van der Waals surface area (Å²) in [7, 11) is 1.84. The molecule has 0 N–H and O–H groups in total. The Kier molecular flexibility index (Phi) is 2.64. The molecular weight excluding hydrogens is 228 g/mol. The van der Waals surface area contributed by atoms with Gasteiger partial charge in [0.15, 0.2) is 5.82 Å². The molecule has 5 heteroatoms. The normalized spacial score (nSPS) is 10.7. The van der Waals surface area contributed by atoms with Gasteiger partial charge in [0.2, 0.25) is 0 Å². The minimum atomic E-state index is 0.385. The van der Waals surface area contributed by atoms with E-state index < -0.39 is 0 Å². The molecule has 0 unspecified atom stereocenters. The fourth-order valence-corrected chi connectivity index (χ4v) is 1.73. The maximum atomic E-state index is 5.65. The van der Waals surface area contributed by atoms with Crippen molar-refractivity contribution < 1.29 is 4.74 Å². The molecule has 2 heterocycles. The SMILES string of the molecule is Cn1ncnc1COc1cnc2ccccc2c1. The van der Waals surface area contributed by atoms with E-state index in [1.54, 1.807) is 10.9 Å². The van der Waals surface area contributed by atoms with E-state index in [4.69, 9.17) is 4.74 Å². The van der Waals surface area contributed by atoms with Crippen molar-refractivity contribution in [3.8, 4) is 5.75 Å². The van der Waals surface area contributed by atoms with Gasteiger partial charge in [-0.15, -0.1) is 0 Å². The molecule has 3 aromatic rings. The maximum Gasteiger partial charge on any atom is 0.164 e. The molecular formula is C13H12N4O. The summed E-state index contributed by atoms with van der Waals surface area (Å²) >= 11 is 0. The third kappa shape index (κ3) is 2.02. The van der Waals surface area contributed by atoms with Gasteiger partial charge in [-0.3, -0.25) is 9.67 Å². The second kappa shape index (κ2) is 4.44. The Morgan fingerprint density at radius 3 is 2.94 bits per heavy atom. The van der Waals surface area contributed by atoms with E-state index in [1.165, 1.54) is 6.33 Å². The topological polar surface area (TPSA) is 52.8 Å². The zero-order valence-electron chi connectivity index (χ0n) is 9.95. The van der Waals surface area contributed by atoms with Crippen LogP contribution < -0.4 is 4.74 Å². The van der Waals surface area contributed by atoms with E-state index in [0.717, 1.165) is 22.5 Å². The molecule has 2 aromatic heterocycles. The smallest absolute Gasteiger partial charge is 0.164 e. The first-order valence-corrected chi connectivity index (χ1v) is 5.63. The van der Waals surface area contributed by atoms with Gasteiger partial charge in [-0.1, -0.05) is 18.2 Å². The van der Waals surface area contributed by atoms with Gasteiger partial charge in [0.25, 0.3) is 0 Å². The van der Waals surface area contributed by atoms with Gasteiger partial charge in [0.05, 0.1) is 11.7 Å². The molecule has 1 aromatic carbocycles. The van der Waals surface area contributed by atoms with E-state index in [0.29, 0.717) is 6.61 Å². The number of ether oxygens (including phenoxy) is 1. The molecule has 0 atom stereocenters. The number of pyridine rings is 1. The monoisotopic (exact) mass is 240 g/mol. The summed E-state index contributed by atoms with van der Waals surface area (Å²) in [6.45, 7) is 0.385. The summed E-state index contributed by atoms with van der Waals surface area (Å²) in [5.41, 5.74) is 0.962. The standard InChI is InChI=1S/C13H12N4O/c1-17-13(15-9-16-17)8-18-11-6-10-4-2-3-5-12(10)14-7-11/h2-7,9H,8H2,1H3. The van der Waals surface area contributed by atoms with Crippen LogP contribution in [0, 0.1) is 0 Å². The number of hydrogen-bond acceptors (Lipinski definition) is 4. The van der Waals surface area contributed by atoms with E-state index in [1.807, 2.05) is 37.4 Å². The van der Waals surface area contributed by atoms with Crippen LogP contribution in [0.1, 0.15) is 5.82 Å². The lowest BCUT2D eigenvalue weighted by molar-refractivity contribution is 0.289. The first-order valence-electron chi connectivity index (χ1n) is 5.63. The van der Waals surface area contributed by atoms with Crippen LogP contribution in [0.5, 0.6) is 5.75 Å². The van der Waals surface area contributed by atoms with Crippen LogP contribution in [0.2, 0.25) is 0 Å². The lowest BCUT2D eigenvalue weighted by atomic mass is 10.2. The van der Waals surface area contributed by atoms with Crippen molar-refractivity contribution in [3.63, 3.8) is 0 Å². The molecule has 90 valence electrons. The number of nitrogens with zero attached hydrogens (tertiary/aromatic N) is 4. The highest BCUT2D eigenvalue weighted by Crippen LogP contribution is 2.18. The van der Waals surface area contributed by atoms with Crippen LogP contribution in [-0.2, 0) is 13.7 Å². The molecule has 0 radical (unpaired) electrons. The number of aromatic nitrogens is 4. The van der Waals surface area contributed by atoms with Crippen molar-refractivity contribution in [3.05, 3.63) is 48.7 Å². The highest BCUT2D eigenvalue weighted by atomic mass is 16.5. The molecule has 0 amide bonds. The molecule has 0 spiro atoms. The van der Waals surface area contributed by atoms with Gasteiger partial charge in [-0.05, 0) is 12.1 Å². The summed E-state index contributed by atoms with van der Waals surface area (Å²) < 4.78 is 7.34. The summed E-state index contributed by atoms with van der Waals surface area (Å²) in [5, 5.41) is 5.05. The largest absolute Gasteiger partial charge is 0.484 e. The molecule has 18 heavy (non-hydrogen) atoms. The molecule has 0 aliphatic heterocycles. The van der Waals surface area contributed by atoms with Crippen molar-refractivity contribution in [1.82, 2.24) is 19.7 Å². The van der Waals surface area contributed by atoms with E-state index in [9.17, 15) is 0 Å². The molecule has 0 aliphatic rings. The Balaban J connectivity index is 1.81. The van der Waals surface area contributed by atoms with Crippen molar-refractivity contribution >= 4 is 10.9 Å². The first-order chi connectivity index (χ1) is 8.83. The van der Waals surface area contributed by atoms with Crippen molar-refractivity contribution in [2.45, 2.75) is 6.61 Å². The molecule has 0 saturated carbocycles. The Morgan fingerprint density at radius 2 is 2.11 bits per heavy atom. The van der Waals surface area contributed by atoms with Gasteiger partial charge in [0.1, 0.15) is 18.7 Å². The van der Waals surface area contributed by atoms with Crippen LogP contribution in [0.3, 0.4) is 0 Å². The van der Waals surface area contributed by atoms with Gasteiger partial charge in [-0.2, -0.15) is 5.10 Å². The molecule has 5 nitrogen and oxygen atoms in total. The van der Waals surface area contributed by atoms with Gasteiger partial charge in [0, 0.05) is 12.4 Å². The number of hydrogen-bond donors (Lipinski definition) is 0. The summed E-state index contributed by atoms with van der Waals surface area (Å²) in [5.74, 6) is 1.51. The Morgan fingerprint density at radius 1 is 1.22 bits per heavy atom. The molecule has 3 rings (SSSR count). The second-order valence-corrected chi connectivity index (χ2v) is 3.95. The summed E-state index contributed by atoms with van der Waals surface area (Å²) in [6.07, 6.45) is 3.23. The number of aryl methyl sites for hydroxylation is 1. The van der Waals surface area contributed by atoms with Gasteiger partial charge >= 0.3 is 0 Å². The van der Waals surface area contributed by atoms with Gasteiger partial charge in [-0.25, -0.2) is 4.98 Å².